The summed E-state index contributed by atoms with van der Waals surface area (Å²) in [6.45, 7) is 3.70. The van der Waals surface area contributed by atoms with Crippen LogP contribution in [0.5, 0.6) is 5.75 Å². The minimum atomic E-state index is 0.0386. The van der Waals surface area contributed by atoms with Crippen molar-refractivity contribution in [2.75, 3.05) is 0 Å². The molecule has 0 spiro atoms. The van der Waals surface area contributed by atoms with E-state index in [-0.39, 0.29) is 5.75 Å². The summed E-state index contributed by atoms with van der Waals surface area (Å²) in [5.41, 5.74) is 6.40. The summed E-state index contributed by atoms with van der Waals surface area (Å²) in [4.78, 5) is 10.8. The molecule has 0 amide bonds. The van der Waals surface area contributed by atoms with Crippen molar-refractivity contribution in [2.24, 2.45) is 5.10 Å². The van der Waals surface area contributed by atoms with Gasteiger partial charge in [-0.15, -0.1) is 0 Å². The summed E-state index contributed by atoms with van der Waals surface area (Å²) in [6.07, 6.45) is 1.46. The number of carbonyl (C=O) groups is 1. The zero-order valence-electron chi connectivity index (χ0n) is 9.73. The van der Waals surface area contributed by atoms with Crippen LogP contribution in [0.3, 0.4) is 0 Å². The van der Waals surface area contributed by atoms with Gasteiger partial charge < -0.3 is 5.11 Å². The average molecular weight is 250 g/mol. The molecule has 0 aliphatic rings. The monoisotopic (exact) mass is 250 g/mol. The van der Waals surface area contributed by atoms with Gasteiger partial charge in [-0.3, -0.25) is 10.2 Å². The van der Waals surface area contributed by atoms with E-state index in [1.165, 1.54) is 11.6 Å². The van der Waals surface area contributed by atoms with Crippen LogP contribution in [-0.4, -0.2) is 22.6 Å². The lowest BCUT2D eigenvalue weighted by atomic mass is 9.99. The zero-order chi connectivity index (χ0) is 12.8. The highest BCUT2D eigenvalue weighted by molar-refractivity contribution is 7.78. The number of carbonyl (C=O) groups excluding carboxylic acids is 1. The number of hydrazone groups is 1. The quantitative estimate of drug-likeness (QED) is 0.363. The molecule has 2 N–H and O–H groups in total. The number of hydrogen-bond acceptors (Lipinski definition) is 4. The largest absolute Gasteiger partial charge is 0.507 e. The van der Waals surface area contributed by atoms with Crippen LogP contribution in [0.2, 0.25) is 0 Å². The minimum absolute atomic E-state index is 0.0386. The third kappa shape index (κ3) is 3.10. The molecule has 1 aromatic rings. The van der Waals surface area contributed by atoms with Gasteiger partial charge >= 0.3 is 0 Å². The Balaban J connectivity index is 3.25. The number of aryl methyl sites for hydroxylation is 1. The highest BCUT2D eigenvalue weighted by Gasteiger charge is 2.10. The van der Waals surface area contributed by atoms with E-state index in [1.807, 2.05) is 6.92 Å². The number of nitrogens with one attached hydrogen (secondary N) is 1. The summed E-state index contributed by atoms with van der Waals surface area (Å²) in [5.74, 6) is 0.0386. The highest BCUT2D eigenvalue weighted by atomic mass is 32.1. The van der Waals surface area contributed by atoms with Crippen LogP contribution < -0.4 is 5.43 Å². The first-order chi connectivity index (χ1) is 8.13. The second kappa shape index (κ2) is 6.10. The van der Waals surface area contributed by atoms with Crippen molar-refractivity contribution >= 4 is 29.7 Å². The first-order valence-corrected chi connectivity index (χ1v) is 5.66. The Kier molecular flexibility index (Phi) is 4.78. The molecule has 0 saturated heterocycles. The fourth-order valence-electron chi connectivity index (χ4n) is 1.54. The van der Waals surface area contributed by atoms with Crippen LogP contribution in [-0.2, 0) is 6.42 Å². The normalized spacial score (nSPS) is 11.1. The van der Waals surface area contributed by atoms with E-state index in [0.717, 1.165) is 18.3 Å². The van der Waals surface area contributed by atoms with Crippen LogP contribution >= 0.6 is 12.2 Å². The molecule has 5 heteroatoms. The maximum atomic E-state index is 10.8. The number of phenols is 1. The van der Waals surface area contributed by atoms with Crippen molar-refractivity contribution in [1.82, 2.24) is 5.43 Å². The van der Waals surface area contributed by atoms with E-state index >= 15 is 0 Å². The van der Waals surface area contributed by atoms with Crippen LogP contribution in [0.4, 0.5) is 0 Å². The Morgan fingerprint density at radius 3 is 2.82 bits per heavy atom. The van der Waals surface area contributed by atoms with Gasteiger partial charge in [-0.05, 0) is 31.0 Å². The van der Waals surface area contributed by atoms with E-state index in [0.29, 0.717) is 16.8 Å². The number of benzene rings is 1. The molecule has 0 aliphatic heterocycles. The van der Waals surface area contributed by atoms with Crippen molar-refractivity contribution in [3.63, 3.8) is 0 Å². The Morgan fingerprint density at radius 1 is 1.59 bits per heavy atom. The summed E-state index contributed by atoms with van der Waals surface area (Å²) in [6, 6.07) is 3.22. The lowest BCUT2D eigenvalue weighted by Gasteiger charge is -2.09. The smallest absolute Gasteiger partial charge is 0.150 e. The Labute approximate surface area is 105 Å². The molecule has 0 fully saturated rings. The number of phenolic OH excluding ortho intramolecular Hbond substituents is 1. The van der Waals surface area contributed by atoms with Gasteiger partial charge in [-0.2, -0.15) is 5.10 Å². The lowest BCUT2D eigenvalue weighted by Crippen LogP contribution is -2.07. The van der Waals surface area contributed by atoms with E-state index in [1.54, 1.807) is 13.0 Å². The SMILES string of the molecule is CCc1cc(/C(C)=N/NC=S)c(O)cc1C=O. The molecule has 0 atom stereocenters. The van der Waals surface area contributed by atoms with Gasteiger partial charge in [0.2, 0.25) is 0 Å². The van der Waals surface area contributed by atoms with E-state index in [9.17, 15) is 9.90 Å². The van der Waals surface area contributed by atoms with Crippen molar-refractivity contribution in [3.05, 3.63) is 28.8 Å². The molecular weight excluding hydrogens is 236 g/mol. The third-order valence-corrected chi connectivity index (χ3v) is 2.55. The first kappa shape index (κ1) is 13.3. The number of hydrogen-bond donors (Lipinski definition) is 2. The fourth-order valence-corrected chi connectivity index (χ4v) is 1.59. The zero-order valence-corrected chi connectivity index (χ0v) is 10.5. The maximum Gasteiger partial charge on any atom is 0.150 e. The maximum absolute atomic E-state index is 10.8. The van der Waals surface area contributed by atoms with Crippen molar-refractivity contribution in [2.45, 2.75) is 20.3 Å². The van der Waals surface area contributed by atoms with Crippen molar-refractivity contribution in [3.8, 4) is 5.75 Å². The summed E-state index contributed by atoms with van der Waals surface area (Å²) >= 11 is 4.59. The molecule has 90 valence electrons. The summed E-state index contributed by atoms with van der Waals surface area (Å²) in [7, 11) is 0. The van der Waals surface area contributed by atoms with Gasteiger partial charge in [0.1, 0.15) is 12.0 Å². The van der Waals surface area contributed by atoms with Gasteiger partial charge in [0.15, 0.2) is 0 Å². The van der Waals surface area contributed by atoms with E-state index in [4.69, 9.17) is 0 Å². The van der Waals surface area contributed by atoms with Gasteiger partial charge in [0.05, 0.1) is 11.2 Å². The number of aromatic hydroxyl groups is 1. The Morgan fingerprint density at radius 2 is 2.29 bits per heavy atom. The van der Waals surface area contributed by atoms with Gasteiger partial charge in [0.25, 0.3) is 0 Å². The molecule has 0 aliphatic carbocycles. The molecule has 0 saturated carbocycles. The molecule has 0 unspecified atom stereocenters. The van der Waals surface area contributed by atoms with Gasteiger partial charge in [-0.1, -0.05) is 19.1 Å². The molecule has 17 heavy (non-hydrogen) atoms. The number of rotatable bonds is 5. The van der Waals surface area contributed by atoms with Gasteiger partial charge in [-0.25, -0.2) is 0 Å². The van der Waals surface area contributed by atoms with Crippen LogP contribution in [0.15, 0.2) is 17.2 Å². The van der Waals surface area contributed by atoms with E-state index in [2.05, 4.69) is 22.7 Å². The molecule has 1 rings (SSSR count). The number of aldehydes is 1. The molecule has 4 nitrogen and oxygen atoms in total. The van der Waals surface area contributed by atoms with E-state index < -0.39 is 0 Å². The number of thiocarbonyl (C=S) groups is 1. The van der Waals surface area contributed by atoms with Crippen LogP contribution in [0, 0.1) is 0 Å². The standard InChI is InChI=1S/C12H14N2O2S/c1-3-9-4-11(8(2)14-13-7-17)12(16)5-10(9)6-15/h4-7,16H,3H2,1-2H3,(H,13,17)/b14-8+. The summed E-state index contributed by atoms with van der Waals surface area (Å²) in [5, 5.41) is 13.8. The molecule has 0 heterocycles. The summed E-state index contributed by atoms with van der Waals surface area (Å²) < 4.78 is 0. The molecule has 0 bridgehead atoms. The predicted molar refractivity (Wildman–Crippen MR) is 71.9 cm³/mol. The topological polar surface area (TPSA) is 61.7 Å². The fraction of sp³-hybridized carbons (Fsp3) is 0.250. The molecule has 0 aromatic heterocycles. The number of nitrogens with zero attached hydrogens (tertiary/aromatic N) is 1. The first-order valence-electron chi connectivity index (χ1n) is 5.18. The minimum Gasteiger partial charge on any atom is -0.507 e. The van der Waals surface area contributed by atoms with Crippen molar-refractivity contribution < 1.29 is 9.90 Å². The molecular formula is C12H14N2O2S. The van der Waals surface area contributed by atoms with Crippen LogP contribution in [0.25, 0.3) is 0 Å². The van der Waals surface area contributed by atoms with Gasteiger partial charge in [0, 0.05) is 11.1 Å². The lowest BCUT2D eigenvalue weighted by molar-refractivity contribution is 0.112. The molecule has 0 radical (unpaired) electrons. The third-order valence-electron chi connectivity index (χ3n) is 2.44. The van der Waals surface area contributed by atoms with Crippen LogP contribution in [0.1, 0.15) is 35.3 Å². The Bertz CT molecular complexity index is 470. The second-order valence-electron chi connectivity index (χ2n) is 3.48. The predicted octanol–water partition coefficient (Wildman–Crippen LogP) is 2.04. The molecule has 1 aromatic carbocycles. The Hall–Kier alpha value is -1.75. The highest BCUT2D eigenvalue weighted by Crippen LogP contribution is 2.23. The average Bonchev–Trinajstić information content (AvgIpc) is 2.35. The second-order valence-corrected chi connectivity index (χ2v) is 3.72. The van der Waals surface area contributed by atoms with Crippen molar-refractivity contribution in [1.29, 1.82) is 0 Å².